The molecule has 0 aliphatic carbocycles. The largest absolute Gasteiger partial charge is 0.490 e. The highest BCUT2D eigenvalue weighted by molar-refractivity contribution is 9.10. The first-order valence-corrected chi connectivity index (χ1v) is 8.02. The molecule has 0 amide bonds. The van der Waals surface area contributed by atoms with Crippen LogP contribution in [0.15, 0.2) is 10.5 Å². The lowest BCUT2D eigenvalue weighted by Crippen LogP contribution is -2.25. The van der Waals surface area contributed by atoms with Gasteiger partial charge in [0.15, 0.2) is 11.5 Å². The highest BCUT2D eigenvalue weighted by Crippen LogP contribution is 2.44. The molecular formula is C15H20BrNO3. The van der Waals surface area contributed by atoms with Gasteiger partial charge in [-0.15, -0.1) is 0 Å². The topological polar surface area (TPSA) is 39.7 Å². The summed E-state index contributed by atoms with van der Waals surface area (Å²) in [5.74, 6) is 1.75. The molecule has 1 aromatic rings. The molecule has 5 heteroatoms. The van der Waals surface area contributed by atoms with E-state index in [1.165, 1.54) is 11.1 Å². The van der Waals surface area contributed by atoms with Crippen LogP contribution in [0, 0.1) is 0 Å². The van der Waals surface area contributed by atoms with Crippen LogP contribution in [0.2, 0.25) is 0 Å². The number of hydrogen-bond donors (Lipinski definition) is 1. The molecule has 0 saturated heterocycles. The molecular weight excluding hydrogens is 322 g/mol. The number of ether oxygens (including phenoxy) is 3. The van der Waals surface area contributed by atoms with E-state index in [0.29, 0.717) is 19.8 Å². The number of nitrogens with one attached hydrogen (secondary N) is 1. The third-order valence-electron chi connectivity index (χ3n) is 3.71. The van der Waals surface area contributed by atoms with E-state index in [2.05, 4.69) is 28.2 Å². The van der Waals surface area contributed by atoms with E-state index in [9.17, 15) is 0 Å². The van der Waals surface area contributed by atoms with Gasteiger partial charge in [-0.1, -0.05) is 22.9 Å². The number of likely N-dealkylation sites (N-methyl/N-ethyl adjacent to an activating group) is 1. The Kier molecular flexibility index (Phi) is 4.48. The lowest BCUT2D eigenvalue weighted by Gasteiger charge is -2.23. The number of rotatable bonds is 2. The van der Waals surface area contributed by atoms with Crippen LogP contribution in [0.5, 0.6) is 11.5 Å². The van der Waals surface area contributed by atoms with E-state index in [4.69, 9.17) is 14.2 Å². The van der Waals surface area contributed by atoms with Gasteiger partial charge in [-0.2, -0.15) is 0 Å². The average molecular weight is 342 g/mol. The third kappa shape index (κ3) is 2.67. The van der Waals surface area contributed by atoms with Crippen molar-refractivity contribution in [2.24, 2.45) is 0 Å². The second kappa shape index (κ2) is 6.33. The Bertz CT molecular complexity index is 492. The Balaban J connectivity index is 2.13. The highest BCUT2D eigenvalue weighted by Gasteiger charge is 2.28. The van der Waals surface area contributed by atoms with Crippen LogP contribution in [0.4, 0.5) is 0 Å². The molecule has 1 atom stereocenters. The fraction of sp³-hybridized carbons (Fsp3) is 0.600. The van der Waals surface area contributed by atoms with Crippen LogP contribution < -0.4 is 14.8 Å². The lowest BCUT2D eigenvalue weighted by atomic mass is 9.97. The molecule has 2 heterocycles. The summed E-state index contributed by atoms with van der Waals surface area (Å²) in [5, 5.41) is 3.50. The second-order valence-electron chi connectivity index (χ2n) is 5.06. The van der Waals surface area contributed by atoms with Gasteiger partial charge < -0.3 is 19.5 Å². The summed E-state index contributed by atoms with van der Waals surface area (Å²) in [4.78, 5) is 0. The molecule has 1 aromatic carbocycles. The van der Waals surface area contributed by atoms with Crippen LogP contribution in [0.25, 0.3) is 0 Å². The number of hydrogen-bond acceptors (Lipinski definition) is 4. The molecule has 0 saturated carbocycles. The molecule has 20 heavy (non-hydrogen) atoms. The van der Waals surface area contributed by atoms with E-state index in [-0.39, 0.29) is 6.04 Å². The van der Waals surface area contributed by atoms with Crippen LogP contribution in [0.1, 0.15) is 30.5 Å². The lowest BCUT2D eigenvalue weighted by molar-refractivity contribution is 0.121. The van der Waals surface area contributed by atoms with E-state index >= 15 is 0 Å². The quantitative estimate of drug-likeness (QED) is 0.897. The fourth-order valence-electron chi connectivity index (χ4n) is 2.83. The van der Waals surface area contributed by atoms with Gasteiger partial charge in [-0.3, -0.25) is 0 Å². The van der Waals surface area contributed by atoms with E-state index in [0.717, 1.165) is 42.0 Å². The highest BCUT2D eigenvalue weighted by atomic mass is 79.9. The number of fused-ring (bicyclic) bond motifs is 3. The van der Waals surface area contributed by atoms with Crippen molar-refractivity contribution in [3.8, 4) is 11.5 Å². The van der Waals surface area contributed by atoms with Crippen molar-refractivity contribution >= 4 is 15.9 Å². The second-order valence-corrected chi connectivity index (χ2v) is 5.92. The average Bonchev–Trinajstić information content (AvgIpc) is 2.78. The van der Waals surface area contributed by atoms with E-state index in [1.807, 2.05) is 6.07 Å². The molecule has 0 bridgehead atoms. The molecule has 0 spiro atoms. The maximum atomic E-state index is 5.99. The maximum Gasteiger partial charge on any atom is 0.166 e. The number of halogens is 1. The molecule has 2 aliphatic rings. The van der Waals surface area contributed by atoms with Gasteiger partial charge in [-0.25, -0.2) is 0 Å². The van der Waals surface area contributed by atoms with E-state index in [1.54, 1.807) is 0 Å². The zero-order valence-electron chi connectivity index (χ0n) is 11.7. The monoisotopic (exact) mass is 341 g/mol. The first-order chi connectivity index (χ1) is 9.81. The zero-order valence-corrected chi connectivity index (χ0v) is 13.3. The summed E-state index contributed by atoms with van der Waals surface area (Å²) in [7, 11) is 0. The van der Waals surface area contributed by atoms with Crippen molar-refractivity contribution < 1.29 is 14.2 Å². The summed E-state index contributed by atoms with van der Waals surface area (Å²) in [6.07, 6.45) is 1.82. The normalized spacial score (nSPS) is 21.8. The van der Waals surface area contributed by atoms with Gasteiger partial charge in [0.05, 0.1) is 32.5 Å². The fourth-order valence-corrected chi connectivity index (χ4v) is 3.45. The van der Waals surface area contributed by atoms with Crippen molar-refractivity contribution in [3.63, 3.8) is 0 Å². The van der Waals surface area contributed by atoms with Crippen molar-refractivity contribution in [3.05, 3.63) is 21.7 Å². The van der Waals surface area contributed by atoms with Crippen molar-refractivity contribution in [1.82, 2.24) is 5.32 Å². The number of benzene rings is 1. The van der Waals surface area contributed by atoms with Gasteiger partial charge in [0.25, 0.3) is 0 Å². The molecule has 0 fully saturated rings. The van der Waals surface area contributed by atoms with Crippen LogP contribution >= 0.6 is 15.9 Å². The summed E-state index contributed by atoms with van der Waals surface area (Å²) in [6.45, 7) is 5.84. The Morgan fingerprint density at radius 1 is 1.30 bits per heavy atom. The molecule has 0 radical (unpaired) electrons. The zero-order chi connectivity index (χ0) is 13.9. The third-order valence-corrected chi connectivity index (χ3v) is 4.42. The minimum absolute atomic E-state index is 0.158. The smallest absolute Gasteiger partial charge is 0.166 e. The van der Waals surface area contributed by atoms with Gasteiger partial charge >= 0.3 is 0 Å². The molecule has 3 rings (SSSR count). The minimum atomic E-state index is 0.158. The molecule has 2 aliphatic heterocycles. The molecule has 4 nitrogen and oxygen atoms in total. The standard InChI is InChI=1S/C15H20BrNO3/c1-2-17-12-9-18-7-4-10-11(16)8-13-15(14(10)12)20-6-3-5-19-13/h8,12,17H,2-7,9H2,1H3. The predicted octanol–water partition coefficient (Wildman–Crippen LogP) is 2.83. The maximum absolute atomic E-state index is 5.99. The van der Waals surface area contributed by atoms with Crippen LogP contribution in [-0.2, 0) is 11.2 Å². The Hall–Kier alpha value is -0.780. The summed E-state index contributed by atoms with van der Waals surface area (Å²) >= 11 is 3.68. The summed E-state index contributed by atoms with van der Waals surface area (Å²) in [6, 6.07) is 2.19. The molecule has 0 aromatic heterocycles. The molecule has 1 N–H and O–H groups in total. The Morgan fingerprint density at radius 3 is 3.00 bits per heavy atom. The SMILES string of the molecule is CCNC1COCCc2c(Br)cc3c(c21)OCCCO3. The first kappa shape index (κ1) is 14.2. The first-order valence-electron chi connectivity index (χ1n) is 7.23. The summed E-state index contributed by atoms with van der Waals surface area (Å²) in [5.41, 5.74) is 2.48. The van der Waals surface area contributed by atoms with Crippen molar-refractivity contribution in [1.29, 1.82) is 0 Å². The van der Waals surface area contributed by atoms with Crippen molar-refractivity contribution in [2.75, 3.05) is 33.0 Å². The molecule has 110 valence electrons. The minimum Gasteiger partial charge on any atom is -0.490 e. The molecule has 1 unspecified atom stereocenters. The van der Waals surface area contributed by atoms with Gasteiger partial charge in [0.2, 0.25) is 0 Å². The van der Waals surface area contributed by atoms with Gasteiger partial charge in [-0.05, 0) is 24.6 Å². The van der Waals surface area contributed by atoms with Gasteiger partial charge in [0, 0.05) is 16.5 Å². The Morgan fingerprint density at radius 2 is 2.15 bits per heavy atom. The van der Waals surface area contributed by atoms with Crippen molar-refractivity contribution in [2.45, 2.75) is 25.8 Å². The Labute approximate surface area is 127 Å². The summed E-state index contributed by atoms with van der Waals surface area (Å²) < 4.78 is 18.7. The van der Waals surface area contributed by atoms with Crippen LogP contribution in [-0.4, -0.2) is 33.0 Å². The van der Waals surface area contributed by atoms with Gasteiger partial charge in [0.1, 0.15) is 0 Å². The van der Waals surface area contributed by atoms with E-state index < -0.39 is 0 Å². The predicted molar refractivity (Wildman–Crippen MR) is 80.7 cm³/mol. The van der Waals surface area contributed by atoms with Crippen LogP contribution in [0.3, 0.4) is 0 Å².